The summed E-state index contributed by atoms with van der Waals surface area (Å²) in [5, 5.41) is 11.9. The van der Waals surface area contributed by atoms with Crippen molar-refractivity contribution < 1.29 is 28.4 Å². The lowest BCUT2D eigenvalue weighted by Gasteiger charge is -2.21. The zero-order valence-corrected chi connectivity index (χ0v) is 23.0. The van der Waals surface area contributed by atoms with Crippen LogP contribution in [0.1, 0.15) is 49.2 Å². The van der Waals surface area contributed by atoms with Gasteiger partial charge in [0.15, 0.2) is 11.0 Å². The number of amides is 1. The van der Waals surface area contributed by atoms with Crippen molar-refractivity contribution in [3.63, 3.8) is 0 Å². The first-order chi connectivity index (χ1) is 17.8. The number of nitrogens with zero attached hydrogens (tertiary/aromatic N) is 2. The van der Waals surface area contributed by atoms with Crippen molar-refractivity contribution in [2.75, 3.05) is 11.3 Å². The zero-order valence-electron chi connectivity index (χ0n) is 22.2. The molecule has 2 aromatic carbocycles. The van der Waals surface area contributed by atoms with Crippen LogP contribution in [-0.2, 0) is 15.7 Å². The number of alkyl carbamates (subject to hydrolysis) is 1. The number of carboxylic acids is 1. The number of nitrogens with one attached hydrogen (secondary N) is 2. The number of hydrogen-bond acceptors (Lipinski definition) is 7. The fraction of sp³-hybridized carbons (Fsp3) is 0.333. The van der Waals surface area contributed by atoms with Crippen LogP contribution in [0.5, 0.6) is 5.88 Å². The average Bonchev–Trinajstić information content (AvgIpc) is 2.81. The van der Waals surface area contributed by atoms with Gasteiger partial charge in [-0.25, -0.2) is 18.8 Å². The van der Waals surface area contributed by atoms with E-state index in [0.717, 1.165) is 16.7 Å². The van der Waals surface area contributed by atoms with Gasteiger partial charge in [-0.1, -0.05) is 24.3 Å². The molecule has 3 N–H and O–H groups in total. The number of carbonyl (C=O) groups is 2. The lowest BCUT2D eigenvalue weighted by Crippen LogP contribution is -2.37. The average molecular weight is 541 g/mol. The molecule has 0 saturated carbocycles. The molecule has 1 amide bonds. The Labute approximate surface area is 224 Å². The van der Waals surface area contributed by atoms with Crippen LogP contribution < -0.4 is 14.8 Å². The molecule has 10 nitrogen and oxygen atoms in total. The van der Waals surface area contributed by atoms with Crippen LogP contribution in [-0.4, -0.2) is 49.6 Å². The molecule has 2 atom stereocenters. The van der Waals surface area contributed by atoms with E-state index in [2.05, 4.69) is 20.0 Å². The Morgan fingerprint density at radius 2 is 1.71 bits per heavy atom. The van der Waals surface area contributed by atoms with Gasteiger partial charge >= 0.3 is 12.1 Å². The normalized spacial score (nSPS) is 12.8. The molecule has 0 aliphatic heterocycles. The van der Waals surface area contributed by atoms with Crippen molar-refractivity contribution in [3.8, 4) is 17.1 Å². The van der Waals surface area contributed by atoms with Crippen molar-refractivity contribution in [2.24, 2.45) is 0 Å². The van der Waals surface area contributed by atoms with Crippen LogP contribution in [0.15, 0.2) is 53.4 Å². The maximum absolute atomic E-state index is 13.0. The number of ether oxygens (including phenoxy) is 2. The van der Waals surface area contributed by atoms with Gasteiger partial charge < -0.3 is 19.9 Å². The highest BCUT2D eigenvalue weighted by Gasteiger charge is 2.19. The topological polar surface area (TPSA) is 140 Å². The second kappa shape index (κ2) is 12.0. The van der Waals surface area contributed by atoms with E-state index in [1.54, 1.807) is 39.8 Å². The highest BCUT2D eigenvalue weighted by Crippen LogP contribution is 2.29. The van der Waals surface area contributed by atoms with Gasteiger partial charge in [0.25, 0.3) is 0 Å². The second-order valence-corrected chi connectivity index (χ2v) is 10.9. The first kappa shape index (κ1) is 28.6. The molecule has 1 unspecified atom stereocenters. The van der Waals surface area contributed by atoms with Gasteiger partial charge in [0.05, 0.1) is 22.7 Å². The van der Waals surface area contributed by atoms with Gasteiger partial charge in [-0.15, -0.1) is 0 Å². The number of carboxylic acid groups (broad SMARTS) is 1. The van der Waals surface area contributed by atoms with Crippen LogP contribution in [0.4, 0.5) is 10.7 Å². The Bertz CT molecular complexity index is 1340. The number of benzene rings is 2. The Morgan fingerprint density at radius 1 is 1.05 bits per heavy atom. The minimum Gasteiger partial charge on any atom is -0.478 e. The Morgan fingerprint density at radius 3 is 2.34 bits per heavy atom. The minimum absolute atomic E-state index is 0.0122. The van der Waals surface area contributed by atoms with E-state index < -0.39 is 34.8 Å². The number of aromatic nitrogens is 2. The first-order valence-corrected chi connectivity index (χ1v) is 13.1. The summed E-state index contributed by atoms with van der Waals surface area (Å²) in [4.78, 5) is 32.5. The molecule has 3 aromatic rings. The van der Waals surface area contributed by atoms with Crippen LogP contribution in [0.3, 0.4) is 0 Å². The Balaban J connectivity index is 1.88. The summed E-state index contributed by atoms with van der Waals surface area (Å²) in [6.45, 7) is 11.2. The van der Waals surface area contributed by atoms with E-state index in [-0.39, 0.29) is 28.8 Å². The standard InChI is InChI=1S/C27H32N4O6S/c1-16-9-7-10-17(2)23(16)21-14-22(36-18(3)15-28-26(34)37-27(4,5)6)30-25(29-21)31-38(35)20-12-8-11-19(13-20)24(32)33/h7-14,18H,15H2,1-6H3,(H,28,34)(H,32,33)(H,29,30,31)/t18-,38?/m1/s1. The molecular weight excluding hydrogens is 508 g/mol. The number of rotatable bonds is 9. The highest BCUT2D eigenvalue weighted by molar-refractivity contribution is 7.86. The van der Waals surface area contributed by atoms with E-state index in [9.17, 15) is 18.9 Å². The lowest BCUT2D eigenvalue weighted by atomic mass is 10.00. The van der Waals surface area contributed by atoms with E-state index in [1.165, 1.54) is 18.2 Å². The molecule has 0 bridgehead atoms. The second-order valence-electron chi connectivity index (χ2n) is 9.70. The van der Waals surface area contributed by atoms with Crippen LogP contribution in [0.25, 0.3) is 11.3 Å². The largest absolute Gasteiger partial charge is 0.478 e. The third-order valence-corrected chi connectivity index (χ3v) is 6.22. The molecule has 202 valence electrons. The molecule has 0 aliphatic carbocycles. The third kappa shape index (κ3) is 8.01. The zero-order chi connectivity index (χ0) is 28.0. The summed E-state index contributed by atoms with van der Waals surface area (Å²) in [6, 6.07) is 13.3. The molecule has 1 aromatic heterocycles. The molecule has 0 saturated heterocycles. The van der Waals surface area contributed by atoms with Gasteiger partial charge in [-0.2, -0.15) is 4.98 Å². The molecular formula is C27H32N4O6S. The van der Waals surface area contributed by atoms with Gasteiger partial charge in [0.2, 0.25) is 11.8 Å². The van der Waals surface area contributed by atoms with Crippen molar-refractivity contribution in [2.45, 2.75) is 58.1 Å². The molecule has 1 heterocycles. The van der Waals surface area contributed by atoms with Crippen molar-refractivity contribution in [3.05, 3.63) is 65.2 Å². The third-order valence-electron chi connectivity index (χ3n) is 5.17. The Hall–Kier alpha value is -3.99. The maximum Gasteiger partial charge on any atom is 0.407 e. The molecule has 0 aliphatic rings. The van der Waals surface area contributed by atoms with Crippen molar-refractivity contribution in [1.29, 1.82) is 0 Å². The number of hydrogen-bond donors (Lipinski definition) is 3. The number of aromatic carboxylic acids is 1. The van der Waals surface area contributed by atoms with Gasteiger partial charge in [-0.3, -0.25) is 4.72 Å². The molecule has 11 heteroatoms. The predicted molar refractivity (Wildman–Crippen MR) is 145 cm³/mol. The minimum atomic E-state index is -1.84. The molecule has 3 rings (SSSR count). The SMILES string of the molecule is Cc1cccc(C)c1-c1cc(O[C@H](C)CNC(=O)OC(C)(C)C)nc(NS(=O)c2cccc(C(=O)O)c2)n1. The summed E-state index contributed by atoms with van der Waals surface area (Å²) >= 11 is 0. The fourth-order valence-corrected chi connectivity index (χ4v) is 4.36. The summed E-state index contributed by atoms with van der Waals surface area (Å²) in [5.74, 6) is -0.886. The smallest absolute Gasteiger partial charge is 0.407 e. The van der Waals surface area contributed by atoms with Gasteiger partial charge in [0, 0.05) is 11.6 Å². The summed E-state index contributed by atoms with van der Waals surface area (Å²) in [7, 11) is -1.84. The molecule has 0 radical (unpaired) electrons. The summed E-state index contributed by atoms with van der Waals surface area (Å²) in [5.41, 5.74) is 2.78. The van der Waals surface area contributed by atoms with Gasteiger partial charge in [0.1, 0.15) is 11.7 Å². The van der Waals surface area contributed by atoms with Crippen LogP contribution in [0, 0.1) is 13.8 Å². The first-order valence-electron chi connectivity index (χ1n) is 11.9. The number of carbonyl (C=O) groups excluding carboxylic acids is 1. The molecule has 0 fully saturated rings. The van der Waals surface area contributed by atoms with Crippen molar-refractivity contribution >= 4 is 29.0 Å². The van der Waals surface area contributed by atoms with Crippen LogP contribution >= 0.6 is 0 Å². The fourth-order valence-electron chi connectivity index (χ4n) is 3.55. The van der Waals surface area contributed by atoms with Crippen LogP contribution in [0.2, 0.25) is 0 Å². The monoisotopic (exact) mass is 540 g/mol. The number of aryl methyl sites for hydroxylation is 2. The molecule has 0 spiro atoms. The van der Waals surface area contributed by atoms with E-state index in [1.807, 2.05) is 32.0 Å². The predicted octanol–water partition coefficient (Wildman–Crippen LogP) is 4.89. The quantitative estimate of drug-likeness (QED) is 0.349. The Kier molecular flexibility index (Phi) is 9.05. The summed E-state index contributed by atoms with van der Waals surface area (Å²) in [6.07, 6.45) is -1.04. The number of anilines is 1. The van der Waals surface area contributed by atoms with Crippen molar-refractivity contribution in [1.82, 2.24) is 15.3 Å². The lowest BCUT2D eigenvalue weighted by molar-refractivity contribution is 0.0503. The highest BCUT2D eigenvalue weighted by atomic mass is 32.2. The maximum atomic E-state index is 13.0. The van der Waals surface area contributed by atoms with E-state index in [0.29, 0.717) is 5.69 Å². The molecule has 38 heavy (non-hydrogen) atoms. The van der Waals surface area contributed by atoms with Gasteiger partial charge in [-0.05, 0) is 70.9 Å². The summed E-state index contributed by atoms with van der Waals surface area (Å²) < 4.78 is 27.0. The van der Waals surface area contributed by atoms with E-state index in [4.69, 9.17) is 9.47 Å². The van der Waals surface area contributed by atoms with E-state index >= 15 is 0 Å².